The van der Waals surface area contributed by atoms with Crippen LogP contribution in [0.3, 0.4) is 0 Å². The van der Waals surface area contributed by atoms with Gasteiger partial charge in [-0.25, -0.2) is 9.59 Å². The number of hydrogen-bond donors (Lipinski definition) is 1. The number of nitrogens with zero attached hydrogens (tertiary/aromatic N) is 1. The van der Waals surface area contributed by atoms with Gasteiger partial charge >= 0.3 is 12.0 Å². The van der Waals surface area contributed by atoms with Crippen molar-refractivity contribution in [3.63, 3.8) is 0 Å². The summed E-state index contributed by atoms with van der Waals surface area (Å²) in [5.74, 6) is -0.415. The van der Waals surface area contributed by atoms with Crippen LogP contribution in [0.25, 0.3) is 0 Å². The van der Waals surface area contributed by atoms with Crippen molar-refractivity contribution in [1.82, 2.24) is 10.2 Å². The van der Waals surface area contributed by atoms with Gasteiger partial charge in [0, 0.05) is 12.2 Å². The van der Waals surface area contributed by atoms with E-state index in [1.165, 1.54) is 7.11 Å². The predicted molar refractivity (Wildman–Crippen MR) is 84.3 cm³/mol. The zero-order chi connectivity index (χ0) is 16.4. The van der Waals surface area contributed by atoms with E-state index in [0.29, 0.717) is 17.8 Å². The average Bonchev–Trinajstić information content (AvgIpc) is 2.49. The van der Waals surface area contributed by atoms with E-state index >= 15 is 0 Å². The van der Waals surface area contributed by atoms with Crippen molar-refractivity contribution in [3.8, 4) is 0 Å². The smallest absolute Gasteiger partial charge is 0.337 e. The first-order valence-corrected chi connectivity index (χ1v) is 7.35. The molecule has 0 bridgehead atoms. The number of allylic oxidation sites excluding steroid dienone is 1. The van der Waals surface area contributed by atoms with Gasteiger partial charge in [0.25, 0.3) is 0 Å². The summed E-state index contributed by atoms with van der Waals surface area (Å²) in [4.78, 5) is 26.1. The first kappa shape index (κ1) is 16.1. The van der Waals surface area contributed by atoms with Crippen LogP contribution in [0, 0.1) is 13.8 Å². The molecule has 1 aromatic rings. The van der Waals surface area contributed by atoms with Crippen molar-refractivity contribution >= 4 is 12.0 Å². The van der Waals surface area contributed by atoms with Gasteiger partial charge in [0.15, 0.2) is 0 Å². The number of carbonyl (C=O) groups is 2. The van der Waals surface area contributed by atoms with Crippen LogP contribution >= 0.6 is 0 Å². The fourth-order valence-corrected chi connectivity index (χ4v) is 2.84. The largest absolute Gasteiger partial charge is 0.466 e. The molecular weight excluding hydrogens is 280 g/mol. The number of ether oxygens (including phenoxy) is 1. The van der Waals surface area contributed by atoms with E-state index in [9.17, 15) is 9.59 Å². The molecule has 0 saturated heterocycles. The molecule has 2 rings (SSSR count). The van der Waals surface area contributed by atoms with Crippen molar-refractivity contribution in [2.45, 2.75) is 33.7 Å². The number of hydrogen-bond acceptors (Lipinski definition) is 3. The highest BCUT2D eigenvalue weighted by Gasteiger charge is 2.36. The Balaban J connectivity index is 2.62. The summed E-state index contributed by atoms with van der Waals surface area (Å²) in [7, 11) is 1.36. The zero-order valence-electron chi connectivity index (χ0n) is 13.7. The van der Waals surface area contributed by atoms with E-state index in [4.69, 9.17) is 4.74 Å². The van der Waals surface area contributed by atoms with E-state index in [0.717, 1.165) is 16.7 Å². The summed E-state index contributed by atoms with van der Waals surface area (Å²) in [6.45, 7) is 8.11. The molecule has 5 nitrogen and oxygen atoms in total. The van der Waals surface area contributed by atoms with Crippen molar-refractivity contribution in [2.75, 3.05) is 13.7 Å². The van der Waals surface area contributed by atoms with Crippen molar-refractivity contribution in [2.24, 2.45) is 0 Å². The summed E-state index contributed by atoms with van der Waals surface area (Å²) in [6, 6.07) is 5.32. The molecule has 0 aliphatic carbocycles. The van der Waals surface area contributed by atoms with E-state index in [-0.39, 0.29) is 6.03 Å². The number of esters is 1. The van der Waals surface area contributed by atoms with Gasteiger partial charge in [-0.2, -0.15) is 0 Å². The number of rotatable bonds is 3. The summed E-state index contributed by atoms with van der Waals surface area (Å²) >= 11 is 0. The maximum absolute atomic E-state index is 12.3. The Morgan fingerprint density at radius 2 is 2.00 bits per heavy atom. The van der Waals surface area contributed by atoms with Gasteiger partial charge < -0.3 is 10.1 Å². The highest BCUT2D eigenvalue weighted by molar-refractivity contribution is 5.95. The number of urea groups is 1. The Labute approximate surface area is 130 Å². The third-order valence-corrected chi connectivity index (χ3v) is 4.06. The van der Waals surface area contributed by atoms with Gasteiger partial charge in [-0.1, -0.05) is 23.8 Å². The molecule has 1 aliphatic heterocycles. The van der Waals surface area contributed by atoms with Gasteiger partial charge in [0.2, 0.25) is 0 Å². The number of aryl methyl sites for hydroxylation is 2. The van der Waals surface area contributed by atoms with Gasteiger partial charge in [-0.05, 0) is 38.8 Å². The Morgan fingerprint density at radius 3 is 2.59 bits per heavy atom. The molecule has 0 unspecified atom stereocenters. The second kappa shape index (κ2) is 6.22. The Kier molecular flexibility index (Phi) is 4.54. The Bertz CT molecular complexity index is 649. The van der Waals surface area contributed by atoms with Crippen LogP contribution in [-0.4, -0.2) is 30.6 Å². The molecule has 1 heterocycles. The number of carbonyl (C=O) groups excluding carboxylic acids is 2. The molecule has 22 heavy (non-hydrogen) atoms. The van der Waals surface area contributed by atoms with Gasteiger partial charge in [0.05, 0.1) is 18.7 Å². The predicted octanol–water partition coefficient (Wildman–Crippen LogP) is 2.84. The van der Waals surface area contributed by atoms with E-state index in [1.807, 2.05) is 39.0 Å². The van der Waals surface area contributed by atoms with Crippen molar-refractivity contribution < 1.29 is 14.3 Å². The molecule has 5 heteroatoms. The lowest BCUT2D eigenvalue weighted by molar-refractivity contribution is -0.136. The molecule has 0 radical (unpaired) electrons. The molecule has 118 valence electrons. The van der Waals surface area contributed by atoms with Gasteiger partial charge in [-0.3, -0.25) is 4.90 Å². The molecule has 0 aromatic heterocycles. The summed E-state index contributed by atoms with van der Waals surface area (Å²) < 4.78 is 4.94. The van der Waals surface area contributed by atoms with Crippen molar-refractivity contribution in [3.05, 3.63) is 46.2 Å². The monoisotopic (exact) mass is 302 g/mol. The molecular formula is C17H22N2O3. The van der Waals surface area contributed by atoms with Crippen LogP contribution in [0.5, 0.6) is 0 Å². The summed E-state index contributed by atoms with van der Waals surface area (Å²) in [6.07, 6.45) is 0. The van der Waals surface area contributed by atoms with E-state index in [2.05, 4.69) is 5.32 Å². The van der Waals surface area contributed by atoms with Crippen LogP contribution in [0.4, 0.5) is 4.79 Å². The van der Waals surface area contributed by atoms with E-state index < -0.39 is 12.0 Å². The number of nitrogens with one attached hydrogen (secondary N) is 1. The molecule has 2 amide bonds. The fourth-order valence-electron chi connectivity index (χ4n) is 2.84. The molecule has 1 N–H and O–H groups in total. The minimum Gasteiger partial charge on any atom is -0.466 e. The maximum Gasteiger partial charge on any atom is 0.337 e. The number of benzene rings is 1. The van der Waals surface area contributed by atoms with Crippen LogP contribution in [0.15, 0.2) is 29.5 Å². The van der Waals surface area contributed by atoms with Crippen LogP contribution in [0.1, 0.15) is 36.6 Å². The SMILES string of the molecule is CCN1C(=O)N[C@@H](c2cc(C)ccc2C)C(C(=O)OC)=C1C. The first-order valence-electron chi connectivity index (χ1n) is 7.35. The summed E-state index contributed by atoms with van der Waals surface area (Å²) in [5, 5.41) is 2.93. The number of amides is 2. The Morgan fingerprint density at radius 1 is 1.32 bits per heavy atom. The highest BCUT2D eigenvalue weighted by Crippen LogP contribution is 2.33. The normalized spacial score (nSPS) is 18.3. The lowest BCUT2D eigenvalue weighted by Crippen LogP contribution is -2.48. The van der Waals surface area contributed by atoms with Crippen molar-refractivity contribution in [1.29, 1.82) is 0 Å². The molecule has 0 fully saturated rings. The second-order valence-corrected chi connectivity index (χ2v) is 5.48. The summed E-state index contributed by atoms with van der Waals surface area (Å²) in [5.41, 5.74) is 4.15. The quantitative estimate of drug-likeness (QED) is 0.873. The lowest BCUT2D eigenvalue weighted by Gasteiger charge is -2.35. The second-order valence-electron chi connectivity index (χ2n) is 5.48. The minimum atomic E-state index is -0.484. The fraction of sp³-hybridized carbons (Fsp3) is 0.412. The number of methoxy groups -OCH3 is 1. The average molecular weight is 302 g/mol. The minimum absolute atomic E-state index is 0.196. The molecule has 0 spiro atoms. The van der Waals surface area contributed by atoms with Crippen LogP contribution in [0.2, 0.25) is 0 Å². The third kappa shape index (κ3) is 2.71. The van der Waals surface area contributed by atoms with Gasteiger partial charge in [-0.15, -0.1) is 0 Å². The Hall–Kier alpha value is -2.30. The molecule has 1 atom stereocenters. The van der Waals surface area contributed by atoms with Crippen LogP contribution in [-0.2, 0) is 9.53 Å². The standard InChI is InChI=1S/C17H22N2O3/c1-6-19-12(4)14(16(20)22-5)15(18-17(19)21)13-9-10(2)7-8-11(13)3/h7-9,15H,6H2,1-5H3,(H,18,21)/t15-/m0/s1. The topological polar surface area (TPSA) is 58.6 Å². The molecule has 1 aromatic carbocycles. The first-order chi connectivity index (χ1) is 10.4. The van der Waals surface area contributed by atoms with E-state index in [1.54, 1.807) is 11.8 Å². The molecule has 0 saturated carbocycles. The van der Waals surface area contributed by atoms with Gasteiger partial charge in [0.1, 0.15) is 0 Å². The lowest BCUT2D eigenvalue weighted by atomic mass is 9.91. The zero-order valence-corrected chi connectivity index (χ0v) is 13.7. The molecule has 1 aliphatic rings. The third-order valence-electron chi connectivity index (χ3n) is 4.06. The highest BCUT2D eigenvalue weighted by atomic mass is 16.5. The van der Waals surface area contributed by atoms with Crippen LogP contribution < -0.4 is 5.32 Å². The maximum atomic E-state index is 12.3.